The number of benzene rings is 2. The lowest BCUT2D eigenvalue weighted by atomic mass is 10.2. The second-order valence-electron chi connectivity index (χ2n) is 5.37. The third-order valence-corrected chi connectivity index (χ3v) is 4.09. The second kappa shape index (κ2) is 10.4. The fourth-order valence-corrected chi connectivity index (χ4v) is 2.52. The molecule has 0 heterocycles. The Kier molecular flexibility index (Phi) is 7.94. The number of rotatable bonds is 8. The fourth-order valence-electron chi connectivity index (χ4n) is 2.14. The smallest absolute Gasteiger partial charge is 0.387 e. The number of anilines is 1. The topological polar surface area (TPSA) is 76.7 Å². The van der Waals surface area contributed by atoms with E-state index < -0.39 is 12.5 Å². The van der Waals surface area contributed by atoms with Crippen molar-refractivity contribution in [3.63, 3.8) is 0 Å². The van der Waals surface area contributed by atoms with Crippen molar-refractivity contribution in [2.75, 3.05) is 19.0 Å². The van der Waals surface area contributed by atoms with Crippen LogP contribution in [0.4, 0.5) is 14.5 Å². The van der Waals surface area contributed by atoms with Gasteiger partial charge in [-0.15, -0.1) is 0 Å². The molecule has 2 rings (SSSR count). The van der Waals surface area contributed by atoms with Gasteiger partial charge in [0.1, 0.15) is 0 Å². The molecule has 2 aromatic rings. The predicted molar refractivity (Wildman–Crippen MR) is 104 cm³/mol. The molecule has 0 aliphatic heterocycles. The van der Waals surface area contributed by atoms with E-state index in [1.54, 1.807) is 18.2 Å². The number of para-hydroxylation sites is 1. The van der Waals surface area contributed by atoms with Gasteiger partial charge in [0, 0.05) is 10.5 Å². The van der Waals surface area contributed by atoms with Crippen molar-refractivity contribution in [2.45, 2.75) is 6.61 Å². The van der Waals surface area contributed by atoms with Crippen molar-refractivity contribution in [1.82, 2.24) is 5.32 Å². The van der Waals surface area contributed by atoms with Gasteiger partial charge in [-0.3, -0.25) is 9.59 Å². The minimum absolute atomic E-state index is 0.107. The van der Waals surface area contributed by atoms with Crippen LogP contribution in [-0.2, 0) is 9.59 Å². The van der Waals surface area contributed by atoms with Crippen molar-refractivity contribution < 1.29 is 27.8 Å². The Morgan fingerprint density at radius 2 is 1.93 bits per heavy atom. The Morgan fingerprint density at radius 1 is 1.18 bits per heavy atom. The van der Waals surface area contributed by atoms with Gasteiger partial charge in [-0.2, -0.15) is 8.78 Å². The summed E-state index contributed by atoms with van der Waals surface area (Å²) >= 11 is 3.31. The molecular weight excluding hydrogens is 438 g/mol. The largest absolute Gasteiger partial charge is 0.493 e. The van der Waals surface area contributed by atoms with Gasteiger partial charge in [0.15, 0.2) is 11.5 Å². The van der Waals surface area contributed by atoms with Crippen molar-refractivity contribution in [3.8, 4) is 11.5 Å². The van der Waals surface area contributed by atoms with E-state index in [-0.39, 0.29) is 24.0 Å². The molecule has 2 N–H and O–H groups in total. The normalized spacial score (nSPS) is 10.8. The lowest BCUT2D eigenvalue weighted by molar-refractivity contribution is -0.121. The third-order valence-electron chi connectivity index (χ3n) is 3.40. The number of nitrogens with one attached hydrogen (secondary N) is 2. The predicted octanol–water partition coefficient (Wildman–Crippen LogP) is 3.83. The maximum atomic E-state index is 12.3. The van der Waals surface area contributed by atoms with Crippen LogP contribution in [0.25, 0.3) is 6.08 Å². The van der Waals surface area contributed by atoms with E-state index in [0.29, 0.717) is 11.3 Å². The van der Waals surface area contributed by atoms with Crippen LogP contribution < -0.4 is 20.1 Å². The monoisotopic (exact) mass is 454 g/mol. The van der Waals surface area contributed by atoms with Gasteiger partial charge >= 0.3 is 6.61 Å². The summed E-state index contributed by atoms with van der Waals surface area (Å²) in [5.41, 5.74) is 1.13. The molecule has 0 radical (unpaired) electrons. The van der Waals surface area contributed by atoms with E-state index in [2.05, 4.69) is 31.3 Å². The molecule has 0 bridgehead atoms. The molecule has 0 spiro atoms. The second-order valence-corrected chi connectivity index (χ2v) is 6.22. The molecule has 0 saturated heterocycles. The van der Waals surface area contributed by atoms with E-state index in [4.69, 9.17) is 4.74 Å². The number of amides is 2. The molecule has 0 atom stereocenters. The molecule has 28 heavy (non-hydrogen) atoms. The average Bonchev–Trinajstić information content (AvgIpc) is 2.67. The van der Waals surface area contributed by atoms with Crippen LogP contribution in [0.3, 0.4) is 0 Å². The Bertz CT molecular complexity index is 875. The number of ether oxygens (including phenoxy) is 2. The maximum absolute atomic E-state index is 12.3. The molecule has 0 fully saturated rings. The van der Waals surface area contributed by atoms with Gasteiger partial charge in [-0.1, -0.05) is 18.2 Å². The first-order valence-corrected chi connectivity index (χ1v) is 8.81. The summed E-state index contributed by atoms with van der Waals surface area (Å²) in [5.74, 6) is -0.878. The van der Waals surface area contributed by atoms with E-state index >= 15 is 0 Å². The molecule has 0 aromatic heterocycles. The number of methoxy groups -OCH3 is 1. The Balaban J connectivity index is 1.89. The van der Waals surface area contributed by atoms with Crippen LogP contribution in [-0.4, -0.2) is 32.1 Å². The Labute approximate surface area is 168 Å². The van der Waals surface area contributed by atoms with Crippen molar-refractivity contribution in [2.24, 2.45) is 0 Å². The highest BCUT2D eigenvalue weighted by molar-refractivity contribution is 9.10. The number of carbonyl (C=O) groups is 2. The van der Waals surface area contributed by atoms with Gasteiger partial charge in [0.2, 0.25) is 11.8 Å². The summed E-state index contributed by atoms with van der Waals surface area (Å²) in [6.07, 6.45) is 2.67. The lowest BCUT2D eigenvalue weighted by Crippen LogP contribution is -2.31. The van der Waals surface area contributed by atoms with E-state index in [9.17, 15) is 18.4 Å². The van der Waals surface area contributed by atoms with Crippen molar-refractivity contribution >= 4 is 39.5 Å². The highest BCUT2D eigenvalue weighted by atomic mass is 79.9. The SMILES string of the molecule is COc1cc(C=CC(=O)NCC(=O)Nc2ccccc2Br)ccc1OC(F)F. The lowest BCUT2D eigenvalue weighted by Gasteiger charge is -2.10. The van der Waals surface area contributed by atoms with E-state index in [1.165, 1.54) is 37.5 Å². The van der Waals surface area contributed by atoms with Crippen LogP contribution in [0, 0.1) is 0 Å². The number of carbonyl (C=O) groups excluding carboxylic acids is 2. The van der Waals surface area contributed by atoms with Gasteiger partial charge in [-0.05, 0) is 51.8 Å². The van der Waals surface area contributed by atoms with Crippen molar-refractivity contribution in [3.05, 3.63) is 58.6 Å². The molecule has 148 valence electrons. The molecule has 0 unspecified atom stereocenters. The highest BCUT2D eigenvalue weighted by Crippen LogP contribution is 2.29. The molecule has 0 aliphatic rings. The summed E-state index contributed by atoms with van der Waals surface area (Å²) < 4.78 is 34.7. The highest BCUT2D eigenvalue weighted by Gasteiger charge is 2.10. The van der Waals surface area contributed by atoms with E-state index in [0.717, 1.165) is 4.47 Å². The summed E-state index contributed by atoms with van der Waals surface area (Å²) in [5, 5.41) is 5.11. The first kappa shape index (κ1) is 21.4. The number of alkyl halides is 2. The zero-order valence-electron chi connectivity index (χ0n) is 14.7. The molecule has 6 nitrogen and oxygen atoms in total. The number of halogens is 3. The van der Waals surface area contributed by atoms with Crippen LogP contribution in [0.5, 0.6) is 11.5 Å². The van der Waals surface area contributed by atoms with Crippen LogP contribution in [0.15, 0.2) is 53.0 Å². The molecule has 2 amide bonds. The minimum Gasteiger partial charge on any atom is -0.493 e. The summed E-state index contributed by atoms with van der Waals surface area (Å²) in [6, 6.07) is 11.3. The Morgan fingerprint density at radius 3 is 2.61 bits per heavy atom. The zero-order valence-corrected chi connectivity index (χ0v) is 16.3. The van der Waals surface area contributed by atoms with Gasteiger partial charge in [-0.25, -0.2) is 0 Å². The van der Waals surface area contributed by atoms with Gasteiger partial charge < -0.3 is 20.1 Å². The first-order chi connectivity index (χ1) is 13.4. The van der Waals surface area contributed by atoms with Gasteiger partial charge in [0.25, 0.3) is 0 Å². The summed E-state index contributed by atoms with van der Waals surface area (Å²) in [7, 11) is 1.32. The van der Waals surface area contributed by atoms with Crippen molar-refractivity contribution in [1.29, 1.82) is 0 Å². The average molecular weight is 455 g/mol. The van der Waals surface area contributed by atoms with E-state index in [1.807, 2.05) is 6.07 Å². The van der Waals surface area contributed by atoms with Crippen LogP contribution in [0.1, 0.15) is 5.56 Å². The number of hydrogen-bond acceptors (Lipinski definition) is 4. The summed E-state index contributed by atoms with van der Waals surface area (Å²) in [6.45, 7) is -3.18. The van der Waals surface area contributed by atoms with Gasteiger partial charge in [0.05, 0.1) is 19.3 Å². The molecule has 9 heteroatoms. The van der Waals surface area contributed by atoms with Crippen LogP contribution in [0.2, 0.25) is 0 Å². The maximum Gasteiger partial charge on any atom is 0.387 e. The molecule has 0 saturated carbocycles. The quantitative estimate of drug-likeness (QED) is 0.594. The molecular formula is C19H17BrF2N2O4. The Hall–Kier alpha value is -2.94. The fraction of sp³-hybridized carbons (Fsp3) is 0.158. The van der Waals surface area contributed by atoms with Crippen LogP contribution >= 0.6 is 15.9 Å². The standard InChI is InChI=1S/C19H17BrF2N2O4/c1-27-16-10-12(6-8-15(16)28-19(21)22)7-9-17(25)23-11-18(26)24-14-5-3-2-4-13(14)20/h2-10,19H,11H2,1H3,(H,23,25)(H,24,26). The minimum atomic E-state index is -2.97. The summed E-state index contributed by atoms with van der Waals surface area (Å²) in [4.78, 5) is 23.8. The third kappa shape index (κ3) is 6.66. The zero-order chi connectivity index (χ0) is 20.5. The first-order valence-electron chi connectivity index (χ1n) is 8.02. The number of hydrogen-bond donors (Lipinski definition) is 2. The molecule has 0 aliphatic carbocycles. The molecule has 2 aromatic carbocycles.